The quantitative estimate of drug-likeness (QED) is 0.387. The first-order valence-electron chi connectivity index (χ1n) is 10.4. The molecule has 174 valence electrons. The molecule has 1 aliphatic rings. The molecule has 1 aliphatic heterocycles. The number of anilines is 1. The van der Waals surface area contributed by atoms with Crippen molar-refractivity contribution in [2.45, 2.75) is 11.8 Å². The minimum atomic E-state index is -0.474. The van der Waals surface area contributed by atoms with Gasteiger partial charge in [0.05, 0.1) is 24.1 Å². The molecule has 0 spiro atoms. The lowest BCUT2D eigenvalue weighted by molar-refractivity contribution is -0.137. The van der Waals surface area contributed by atoms with Gasteiger partial charge in [0.25, 0.3) is 5.91 Å². The molecule has 2 N–H and O–H groups in total. The SMILES string of the molecule is COc1ccc(C2S/C(=C/c3ccc(N([O-])O)cc3)C(=O)N2NC(=O)Cc2ccccc2)cc1. The van der Waals surface area contributed by atoms with Crippen molar-refractivity contribution in [3.63, 3.8) is 0 Å². The molecule has 0 radical (unpaired) electrons. The number of methoxy groups -OCH3 is 1. The topological polar surface area (TPSA) is 105 Å². The largest absolute Gasteiger partial charge is 0.733 e. The van der Waals surface area contributed by atoms with Crippen LogP contribution in [0.25, 0.3) is 6.08 Å². The van der Waals surface area contributed by atoms with Crippen molar-refractivity contribution in [3.8, 4) is 5.75 Å². The van der Waals surface area contributed by atoms with Crippen LogP contribution >= 0.6 is 11.8 Å². The third-order valence-electron chi connectivity index (χ3n) is 5.17. The second-order valence-electron chi connectivity index (χ2n) is 7.49. The molecule has 0 saturated carbocycles. The first kappa shape index (κ1) is 23.4. The van der Waals surface area contributed by atoms with Crippen LogP contribution in [0.4, 0.5) is 5.69 Å². The van der Waals surface area contributed by atoms with Gasteiger partial charge in [0.15, 0.2) is 0 Å². The normalized spacial score (nSPS) is 16.6. The van der Waals surface area contributed by atoms with Crippen molar-refractivity contribution in [1.82, 2.24) is 10.4 Å². The zero-order valence-electron chi connectivity index (χ0n) is 18.3. The van der Waals surface area contributed by atoms with Gasteiger partial charge < -0.3 is 15.2 Å². The minimum absolute atomic E-state index is 0.0819. The Kier molecular flexibility index (Phi) is 7.17. The fourth-order valence-electron chi connectivity index (χ4n) is 3.44. The summed E-state index contributed by atoms with van der Waals surface area (Å²) in [7, 11) is 1.58. The van der Waals surface area contributed by atoms with E-state index in [0.29, 0.717) is 16.2 Å². The van der Waals surface area contributed by atoms with Gasteiger partial charge in [0.2, 0.25) is 5.91 Å². The highest BCUT2D eigenvalue weighted by Crippen LogP contribution is 2.45. The highest BCUT2D eigenvalue weighted by atomic mass is 32.2. The first-order valence-corrected chi connectivity index (χ1v) is 11.3. The number of thioether (sulfide) groups is 1. The van der Waals surface area contributed by atoms with Crippen LogP contribution in [-0.4, -0.2) is 29.1 Å². The van der Waals surface area contributed by atoms with E-state index in [1.165, 1.54) is 28.9 Å². The van der Waals surface area contributed by atoms with Crippen LogP contribution in [0.5, 0.6) is 5.75 Å². The Balaban J connectivity index is 1.60. The number of nitrogens with one attached hydrogen (secondary N) is 1. The number of ether oxygens (including phenoxy) is 1. The number of hydrogen-bond acceptors (Lipinski definition) is 7. The Bertz CT molecular complexity index is 1180. The van der Waals surface area contributed by atoms with Crippen molar-refractivity contribution in [2.75, 3.05) is 12.3 Å². The van der Waals surface area contributed by atoms with Crippen molar-refractivity contribution in [1.29, 1.82) is 0 Å². The molecule has 4 rings (SSSR count). The average molecular weight is 477 g/mol. The van der Waals surface area contributed by atoms with Crippen LogP contribution in [0.3, 0.4) is 0 Å². The molecule has 3 aromatic rings. The van der Waals surface area contributed by atoms with E-state index in [2.05, 4.69) is 5.43 Å². The summed E-state index contributed by atoms with van der Waals surface area (Å²) >= 11 is 1.31. The van der Waals surface area contributed by atoms with Gasteiger partial charge in [0, 0.05) is 0 Å². The number of hydrazine groups is 1. The van der Waals surface area contributed by atoms with Crippen molar-refractivity contribution < 1.29 is 19.5 Å². The number of hydrogen-bond donors (Lipinski definition) is 2. The molecule has 1 saturated heterocycles. The van der Waals surface area contributed by atoms with Gasteiger partial charge in [-0.2, -0.15) is 0 Å². The van der Waals surface area contributed by atoms with Gasteiger partial charge in [0.1, 0.15) is 11.1 Å². The average Bonchev–Trinajstić information content (AvgIpc) is 3.15. The van der Waals surface area contributed by atoms with Crippen LogP contribution < -0.4 is 15.4 Å². The molecule has 0 aromatic heterocycles. The molecule has 8 nitrogen and oxygen atoms in total. The highest BCUT2D eigenvalue weighted by Gasteiger charge is 2.38. The molecular formula is C25H22N3O5S-. The molecule has 0 aliphatic carbocycles. The summed E-state index contributed by atoms with van der Waals surface area (Å²) in [6, 6.07) is 22.7. The van der Waals surface area contributed by atoms with Gasteiger partial charge in [-0.05, 0) is 47.0 Å². The van der Waals surface area contributed by atoms with Crippen LogP contribution in [0.1, 0.15) is 22.1 Å². The Morgan fingerprint density at radius 3 is 2.41 bits per heavy atom. The molecule has 34 heavy (non-hydrogen) atoms. The molecule has 3 aromatic carbocycles. The molecule has 1 atom stereocenters. The molecule has 0 bridgehead atoms. The number of rotatable bonds is 7. The zero-order valence-corrected chi connectivity index (χ0v) is 19.1. The summed E-state index contributed by atoms with van der Waals surface area (Å²) in [6.45, 7) is 0. The standard InChI is InChI=1S/C25H22N3O5S/c1-33-21-13-9-19(10-14-21)25-27(26-23(29)16-17-5-3-2-4-6-17)24(30)22(34-25)15-18-7-11-20(12-8-18)28(31)32/h2-15,25,31H,16H2,1H3,(H,26,29)/q-1/b22-15+. The maximum Gasteiger partial charge on any atom is 0.280 e. The van der Waals surface area contributed by atoms with Gasteiger partial charge in [-0.3, -0.25) is 20.2 Å². The lowest BCUT2D eigenvalue weighted by Crippen LogP contribution is -2.44. The van der Waals surface area contributed by atoms with Crippen molar-refractivity contribution >= 4 is 35.3 Å². The Labute approximate surface area is 201 Å². The van der Waals surface area contributed by atoms with Gasteiger partial charge in [-0.15, -0.1) is 0 Å². The van der Waals surface area contributed by atoms with Crippen LogP contribution in [0, 0.1) is 5.21 Å². The summed E-state index contributed by atoms with van der Waals surface area (Å²) in [5.41, 5.74) is 5.18. The van der Waals surface area contributed by atoms with E-state index in [1.807, 2.05) is 42.5 Å². The second-order valence-corrected chi connectivity index (χ2v) is 8.61. The number of benzene rings is 3. The first-order chi connectivity index (χ1) is 16.4. The summed E-state index contributed by atoms with van der Waals surface area (Å²) in [5.74, 6) is 0.0385. The van der Waals surface area contributed by atoms with Crippen molar-refractivity contribution in [3.05, 3.63) is 106 Å². The summed E-state index contributed by atoms with van der Waals surface area (Å²) in [4.78, 5) is 26.5. The predicted molar refractivity (Wildman–Crippen MR) is 131 cm³/mol. The fraction of sp³-hybridized carbons (Fsp3) is 0.120. The van der Waals surface area contributed by atoms with E-state index in [1.54, 1.807) is 37.5 Å². The smallest absolute Gasteiger partial charge is 0.280 e. The summed E-state index contributed by atoms with van der Waals surface area (Å²) in [5, 5.41) is 20.7. The van der Waals surface area contributed by atoms with Crippen LogP contribution in [0.15, 0.2) is 83.8 Å². The molecule has 9 heteroatoms. The summed E-state index contributed by atoms with van der Waals surface area (Å²) in [6.07, 6.45) is 1.82. The maximum atomic E-state index is 13.3. The minimum Gasteiger partial charge on any atom is -0.733 e. The third-order valence-corrected chi connectivity index (χ3v) is 6.42. The Morgan fingerprint density at radius 2 is 1.79 bits per heavy atom. The molecule has 1 fully saturated rings. The van der Waals surface area contributed by atoms with Gasteiger partial charge >= 0.3 is 0 Å². The summed E-state index contributed by atoms with van der Waals surface area (Å²) < 4.78 is 5.23. The van der Waals surface area contributed by atoms with Crippen LogP contribution in [-0.2, 0) is 16.0 Å². The van der Waals surface area contributed by atoms with Crippen LogP contribution in [0.2, 0.25) is 0 Å². The molecule has 1 heterocycles. The lowest BCUT2D eigenvalue weighted by Gasteiger charge is -2.24. The number of nitrogens with zero attached hydrogens (tertiary/aromatic N) is 2. The Morgan fingerprint density at radius 1 is 1.12 bits per heavy atom. The number of carbonyl (C=O) groups is 2. The van der Waals surface area contributed by atoms with E-state index in [4.69, 9.17) is 9.94 Å². The third kappa shape index (κ3) is 5.40. The van der Waals surface area contributed by atoms with Gasteiger partial charge in [-0.1, -0.05) is 66.4 Å². The molecular weight excluding hydrogens is 454 g/mol. The number of amides is 2. The predicted octanol–water partition coefficient (Wildman–Crippen LogP) is 4.28. The van der Waals surface area contributed by atoms with Crippen molar-refractivity contribution in [2.24, 2.45) is 0 Å². The van der Waals surface area contributed by atoms with E-state index in [-0.39, 0.29) is 29.1 Å². The zero-order chi connectivity index (χ0) is 24.1. The van der Waals surface area contributed by atoms with E-state index < -0.39 is 5.37 Å². The maximum absolute atomic E-state index is 13.3. The fourth-order valence-corrected chi connectivity index (χ4v) is 4.63. The molecule has 1 unspecified atom stereocenters. The highest BCUT2D eigenvalue weighted by molar-refractivity contribution is 8.04. The monoisotopic (exact) mass is 476 g/mol. The molecule has 2 amide bonds. The van der Waals surface area contributed by atoms with E-state index in [9.17, 15) is 14.8 Å². The van der Waals surface area contributed by atoms with E-state index >= 15 is 0 Å². The Hall–Kier alpha value is -3.79. The lowest BCUT2D eigenvalue weighted by atomic mass is 10.1. The second kappa shape index (κ2) is 10.4. The number of carbonyl (C=O) groups excluding carboxylic acids is 2. The van der Waals surface area contributed by atoms with E-state index in [0.717, 1.165) is 11.1 Å². The van der Waals surface area contributed by atoms with Gasteiger partial charge in [-0.25, -0.2) is 5.01 Å².